The van der Waals surface area contributed by atoms with Crippen molar-refractivity contribution in [3.05, 3.63) is 34.9 Å². The van der Waals surface area contributed by atoms with Crippen LogP contribution >= 0.6 is 0 Å². The number of carbonyl (C=O) groups is 2. The molecule has 18 heavy (non-hydrogen) atoms. The van der Waals surface area contributed by atoms with Gasteiger partial charge in [-0.05, 0) is 18.1 Å². The molecule has 0 atom stereocenters. The Morgan fingerprint density at radius 2 is 1.61 bits per heavy atom. The maximum Gasteiger partial charge on any atom is 0.336 e. The van der Waals surface area contributed by atoms with Gasteiger partial charge < -0.3 is 20.4 Å². The molecule has 0 saturated carbocycles. The van der Waals surface area contributed by atoms with E-state index in [1.165, 1.54) is 6.07 Å². The quantitative estimate of drug-likeness (QED) is 0.627. The number of aliphatic hydroxyl groups excluding tert-OH is 2. The van der Waals surface area contributed by atoms with Crippen LogP contribution in [0.5, 0.6) is 0 Å². The average molecular weight is 256 g/mol. The molecule has 1 rings (SSSR count). The molecule has 6 heteroatoms. The second kappa shape index (κ2) is 8.21. The molecule has 0 spiro atoms. The summed E-state index contributed by atoms with van der Waals surface area (Å²) in [5, 5.41) is 32.9. The molecule has 0 heterocycles. The molecule has 0 unspecified atom stereocenters. The largest absolute Gasteiger partial charge is 0.478 e. The molecule has 1 aromatic rings. The van der Waals surface area contributed by atoms with Crippen molar-refractivity contribution >= 4 is 11.9 Å². The topological polar surface area (TPSA) is 115 Å². The van der Waals surface area contributed by atoms with Gasteiger partial charge in [-0.15, -0.1) is 0 Å². The van der Waals surface area contributed by atoms with Gasteiger partial charge in [-0.3, -0.25) is 0 Å². The van der Waals surface area contributed by atoms with Gasteiger partial charge in [0.15, 0.2) is 0 Å². The van der Waals surface area contributed by atoms with Crippen LogP contribution in [-0.2, 0) is 6.42 Å². The Morgan fingerprint density at radius 3 is 1.94 bits per heavy atom. The zero-order chi connectivity index (χ0) is 14.1. The van der Waals surface area contributed by atoms with Crippen LogP contribution in [0, 0.1) is 0 Å². The van der Waals surface area contributed by atoms with Crippen molar-refractivity contribution in [2.45, 2.75) is 13.3 Å². The lowest BCUT2D eigenvalue weighted by atomic mass is 9.99. The number of carboxylic acids is 2. The van der Waals surface area contributed by atoms with E-state index in [1.807, 2.05) is 0 Å². The maximum absolute atomic E-state index is 10.8. The molecule has 0 aliphatic carbocycles. The fourth-order valence-electron chi connectivity index (χ4n) is 1.33. The maximum atomic E-state index is 10.8. The van der Waals surface area contributed by atoms with Crippen molar-refractivity contribution in [2.75, 3.05) is 13.2 Å². The van der Waals surface area contributed by atoms with Gasteiger partial charge in [-0.1, -0.05) is 19.1 Å². The third kappa shape index (κ3) is 4.52. The van der Waals surface area contributed by atoms with E-state index in [0.717, 1.165) is 0 Å². The van der Waals surface area contributed by atoms with Gasteiger partial charge >= 0.3 is 11.9 Å². The summed E-state index contributed by atoms with van der Waals surface area (Å²) in [5.41, 5.74) is 0.275. The number of hydrogen-bond acceptors (Lipinski definition) is 4. The highest BCUT2D eigenvalue weighted by Crippen LogP contribution is 2.15. The molecule has 6 nitrogen and oxygen atoms in total. The van der Waals surface area contributed by atoms with Crippen LogP contribution in [0.15, 0.2) is 18.2 Å². The lowest BCUT2D eigenvalue weighted by molar-refractivity contribution is 0.0650. The molecule has 0 aliphatic rings. The van der Waals surface area contributed by atoms with Crippen LogP contribution in [0.1, 0.15) is 33.2 Å². The molecule has 0 aliphatic heterocycles. The summed E-state index contributed by atoms with van der Waals surface area (Å²) in [6.45, 7) is 1.54. The third-order valence-electron chi connectivity index (χ3n) is 2.08. The minimum atomic E-state index is -1.21. The van der Waals surface area contributed by atoms with E-state index in [0.29, 0.717) is 12.0 Å². The summed E-state index contributed by atoms with van der Waals surface area (Å²) in [6, 6.07) is 4.47. The first-order valence-electron chi connectivity index (χ1n) is 5.29. The summed E-state index contributed by atoms with van der Waals surface area (Å²) in [7, 11) is 0. The highest BCUT2D eigenvalue weighted by atomic mass is 16.4. The SMILES string of the molecule is CCc1cccc(C(=O)O)c1C(=O)O.OCCO. The first-order valence-corrected chi connectivity index (χ1v) is 5.29. The van der Waals surface area contributed by atoms with Gasteiger partial charge in [-0.25, -0.2) is 9.59 Å². The standard InChI is InChI=1S/C10H10O4.C2H6O2/c1-2-6-4-3-5-7(9(11)12)8(6)10(13)14;3-1-2-4/h3-5H,2H2,1H3,(H,11,12)(H,13,14);3-4H,1-2H2. The van der Waals surface area contributed by atoms with Gasteiger partial charge in [0.1, 0.15) is 0 Å². The second-order valence-electron chi connectivity index (χ2n) is 3.25. The zero-order valence-electron chi connectivity index (χ0n) is 9.96. The molecular weight excluding hydrogens is 240 g/mol. The van der Waals surface area contributed by atoms with Crippen LogP contribution in [-0.4, -0.2) is 45.6 Å². The monoisotopic (exact) mass is 256 g/mol. The molecule has 1 aromatic carbocycles. The number of aliphatic hydroxyl groups is 2. The number of benzene rings is 1. The minimum absolute atomic E-state index is 0.109. The number of rotatable bonds is 4. The summed E-state index contributed by atoms with van der Waals surface area (Å²) in [4.78, 5) is 21.6. The van der Waals surface area contributed by atoms with Gasteiger partial charge in [-0.2, -0.15) is 0 Å². The van der Waals surface area contributed by atoms with Gasteiger partial charge in [0.25, 0.3) is 0 Å². The van der Waals surface area contributed by atoms with E-state index < -0.39 is 11.9 Å². The van der Waals surface area contributed by atoms with Crippen LogP contribution in [0.2, 0.25) is 0 Å². The molecule has 0 aromatic heterocycles. The van der Waals surface area contributed by atoms with E-state index in [9.17, 15) is 9.59 Å². The van der Waals surface area contributed by atoms with Crippen LogP contribution in [0.25, 0.3) is 0 Å². The Kier molecular flexibility index (Phi) is 7.34. The fraction of sp³-hybridized carbons (Fsp3) is 0.333. The number of aryl methyl sites for hydroxylation is 1. The van der Waals surface area contributed by atoms with Crippen LogP contribution < -0.4 is 0 Å². The van der Waals surface area contributed by atoms with E-state index in [-0.39, 0.29) is 24.3 Å². The molecule has 0 saturated heterocycles. The van der Waals surface area contributed by atoms with Crippen LogP contribution in [0.4, 0.5) is 0 Å². The molecule has 0 amide bonds. The summed E-state index contributed by atoms with van der Waals surface area (Å²) in [6.07, 6.45) is 0.503. The Morgan fingerprint density at radius 1 is 1.06 bits per heavy atom. The lowest BCUT2D eigenvalue weighted by Crippen LogP contribution is -2.10. The van der Waals surface area contributed by atoms with E-state index in [2.05, 4.69) is 0 Å². The summed E-state index contributed by atoms with van der Waals surface area (Å²) >= 11 is 0. The number of carboxylic acid groups (broad SMARTS) is 2. The summed E-state index contributed by atoms with van der Waals surface area (Å²) in [5.74, 6) is -2.41. The van der Waals surface area contributed by atoms with Gasteiger partial charge in [0, 0.05) is 0 Å². The van der Waals surface area contributed by atoms with E-state index in [1.54, 1.807) is 19.1 Å². The number of aromatic carboxylic acids is 2. The van der Waals surface area contributed by atoms with Crippen molar-refractivity contribution in [1.82, 2.24) is 0 Å². The average Bonchev–Trinajstić information content (AvgIpc) is 2.37. The Bertz CT molecular complexity index is 411. The van der Waals surface area contributed by atoms with Crippen molar-refractivity contribution in [3.8, 4) is 0 Å². The predicted octanol–water partition coefficient (Wildman–Crippen LogP) is 0.616. The van der Waals surface area contributed by atoms with Crippen molar-refractivity contribution < 1.29 is 30.0 Å². The molecule has 0 radical (unpaired) electrons. The Balaban J connectivity index is 0.000000631. The van der Waals surface area contributed by atoms with Crippen molar-refractivity contribution in [1.29, 1.82) is 0 Å². The molecular formula is C12H16O6. The Labute approximate surface area is 104 Å². The minimum Gasteiger partial charge on any atom is -0.478 e. The Hall–Kier alpha value is -1.92. The predicted molar refractivity (Wildman–Crippen MR) is 63.9 cm³/mol. The molecule has 4 N–H and O–H groups in total. The van der Waals surface area contributed by atoms with Gasteiger partial charge in [0.2, 0.25) is 0 Å². The molecule has 0 fully saturated rings. The second-order valence-corrected chi connectivity index (χ2v) is 3.25. The van der Waals surface area contributed by atoms with Gasteiger partial charge in [0.05, 0.1) is 24.3 Å². The normalized spacial score (nSPS) is 9.28. The molecule has 0 bridgehead atoms. The lowest BCUT2D eigenvalue weighted by Gasteiger charge is -2.06. The first kappa shape index (κ1) is 16.1. The highest BCUT2D eigenvalue weighted by molar-refractivity contribution is 6.02. The molecule has 100 valence electrons. The first-order chi connectivity index (χ1) is 8.49. The number of hydrogen-bond donors (Lipinski definition) is 4. The van der Waals surface area contributed by atoms with E-state index >= 15 is 0 Å². The van der Waals surface area contributed by atoms with Crippen molar-refractivity contribution in [3.63, 3.8) is 0 Å². The van der Waals surface area contributed by atoms with E-state index in [4.69, 9.17) is 20.4 Å². The van der Waals surface area contributed by atoms with Crippen molar-refractivity contribution in [2.24, 2.45) is 0 Å². The fourth-order valence-corrected chi connectivity index (χ4v) is 1.33. The van der Waals surface area contributed by atoms with Crippen LogP contribution in [0.3, 0.4) is 0 Å². The smallest absolute Gasteiger partial charge is 0.336 e. The zero-order valence-corrected chi connectivity index (χ0v) is 9.96. The third-order valence-corrected chi connectivity index (χ3v) is 2.08. The highest BCUT2D eigenvalue weighted by Gasteiger charge is 2.18. The summed E-state index contributed by atoms with van der Waals surface area (Å²) < 4.78 is 0.